The Bertz CT molecular complexity index is 771. The Morgan fingerprint density at radius 3 is 1.81 bits per heavy atom. The maximum Gasteiger partial charge on any atom is 0.0545 e. The Kier molecular flexibility index (Phi) is 6.19. The van der Waals surface area contributed by atoms with Crippen molar-refractivity contribution in [3.8, 4) is 0 Å². The van der Waals surface area contributed by atoms with Crippen LogP contribution < -0.4 is 15.9 Å². The minimum absolute atomic E-state index is 0.0956. The van der Waals surface area contributed by atoms with E-state index in [2.05, 4.69) is 105 Å². The molecule has 0 bridgehead atoms. The van der Waals surface area contributed by atoms with Crippen molar-refractivity contribution >= 4 is 18.5 Å². The molecule has 134 valence electrons. The highest BCUT2D eigenvalue weighted by Gasteiger charge is 2.15. The average molecular weight is 362 g/mol. The molecule has 0 atom stereocenters. The van der Waals surface area contributed by atoms with E-state index in [1.54, 1.807) is 0 Å². The molecular formula is C23H27N2P. The van der Waals surface area contributed by atoms with Gasteiger partial charge in [-0.1, -0.05) is 66.7 Å². The number of aromatic nitrogens is 1. The lowest BCUT2D eigenvalue weighted by Gasteiger charge is -2.21. The molecule has 0 unspecified atom stereocenters. The van der Waals surface area contributed by atoms with Crippen LogP contribution in [-0.2, 0) is 12.7 Å². The topological polar surface area (TPSA) is 24.9 Å². The SMILES string of the molecule is CC(C)(C)NCc1cccc(CP(c2ccccc2)c2ccccc2)n1. The molecule has 0 radical (unpaired) electrons. The van der Waals surface area contributed by atoms with Crippen LogP contribution >= 0.6 is 7.92 Å². The summed E-state index contributed by atoms with van der Waals surface area (Å²) in [7, 11) is -0.454. The number of pyridine rings is 1. The predicted octanol–water partition coefficient (Wildman–Crippen LogP) is 4.60. The van der Waals surface area contributed by atoms with Crippen LogP contribution in [0.15, 0.2) is 78.9 Å². The van der Waals surface area contributed by atoms with Gasteiger partial charge in [0.25, 0.3) is 0 Å². The van der Waals surface area contributed by atoms with Crippen LogP contribution in [-0.4, -0.2) is 10.5 Å². The standard InChI is InChI=1S/C23H27N2P/c1-23(2,3)24-17-19-11-10-12-20(25-19)18-26(21-13-6-4-7-14-21)22-15-8-5-9-16-22/h4-16,24H,17-18H2,1-3H3. The van der Waals surface area contributed by atoms with Gasteiger partial charge in [0.05, 0.1) is 5.69 Å². The smallest absolute Gasteiger partial charge is 0.0545 e. The minimum Gasteiger partial charge on any atom is -0.306 e. The normalized spacial score (nSPS) is 11.7. The summed E-state index contributed by atoms with van der Waals surface area (Å²) in [5.74, 6) is 0. The van der Waals surface area contributed by atoms with Crippen LogP contribution in [0.1, 0.15) is 32.2 Å². The fourth-order valence-corrected chi connectivity index (χ4v) is 5.01. The highest BCUT2D eigenvalue weighted by Crippen LogP contribution is 2.37. The first-order chi connectivity index (χ1) is 12.5. The van der Waals surface area contributed by atoms with Gasteiger partial charge >= 0.3 is 0 Å². The maximum absolute atomic E-state index is 4.92. The molecule has 3 heteroatoms. The second kappa shape index (κ2) is 8.58. The van der Waals surface area contributed by atoms with E-state index < -0.39 is 7.92 Å². The Morgan fingerprint density at radius 2 is 1.27 bits per heavy atom. The molecule has 3 aromatic rings. The van der Waals surface area contributed by atoms with Crippen LogP contribution in [0.2, 0.25) is 0 Å². The van der Waals surface area contributed by atoms with Crippen molar-refractivity contribution in [1.82, 2.24) is 10.3 Å². The lowest BCUT2D eigenvalue weighted by molar-refractivity contribution is 0.421. The van der Waals surface area contributed by atoms with Gasteiger partial charge in [-0.3, -0.25) is 4.98 Å². The number of hydrogen-bond acceptors (Lipinski definition) is 2. The zero-order valence-corrected chi connectivity index (χ0v) is 16.7. The lowest BCUT2D eigenvalue weighted by atomic mass is 10.1. The number of nitrogens with zero attached hydrogens (tertiary/aromatic N) is 1. The molecule has 26 heavy (non-hydrogen) atoms. The van der Waals surface area contributed by atoms with Crippen molar-refractivity contribution in [1.29, 1.82) is 0 Å². The van der Waals surface area contributed by atoms with Gasteiger partial charge in [-0.05, 0) is 51.4 Å². The van der Waals surface area contributed by atoms with Gasteiger partial charge in [0.15, 0.2) is 0 Å². The summed E-state index contributed by atoms with van der Waals surface area (Å²) in [6.45, 7) is 7.34. The molecular weight excluding hydrogens is 335 g/mol. The quantitative estimate of drug-likeness (QED) is 0.648. The molecule has 0 aliphatic carbocycles. The van der Waals surface area contributed by atoms with E-state index in [9.17, 15) is 0 Å². The molecule has 1 heterocycles. The summed E-state index contributed by atoms with van der Waals surface area (Å²) in [6.07, 6.45) is 0.965. The first-order valence-corrected chi connectivity index (χ1v) is 10.6. The monoisotopic (exact) mass is 362 g/mol. The lowest BCUT2D eigenvalue weighted by Crippen LogP contribution is -2.35. The molecule has 3 rings (SSSR count). The van der Waals surface area contributed by atoms with E-state index in [0.717, 1.165) is 24.1 Å². The zero-order chi connectivity index (χ0) is 18.4. The maximum atomic E-state index is 4.92. The van der Waals surface area contributed by atoms with Crippen molar-refractivity contribution in [3.63, 3.8) is 0 Å². The van der Waals surface area contributed by atoms with E-state index in [1.807, 2.05) is 0 Å². The summed E-state index contributed by atoms with van der Waals surface area (Å²) < 4.78 is 0. The van der Waals surface area contributed by atoms with E-state index >= 15 is 0 Å². The molecule has 0 saturated heterocycles. The molecule has 0 aliphatic heterocycles. The number of hydrogen-bond donors (Lipinski definition) is 1. The molecule has 0 amide bonds. The van der Waals surface area contributed by atoms with Crippen LogP contribution in [0, 0.1) is 0 Å². The second-order valence-electron chi connectivity index (χ2n) is 7.48. The third-order valence-corrected chi connectivity index (χ3v) is 6.60. The Balaban J connectivity index is 1.83. The summed E-state index contributed by atoms with van der Waals surface area (Å²) >= 11 is 0. The molecule has 0 fully saturated rings. The Morgan fingerprint density at radius 1 is 0.731 bits per heavy atom. The number of nitrogens with one attached hydrogen (secondary N) is 1. The largest absolute Gasteiger partial charge is 0.306 e. The third kappa shape index (κ3) is 5.49. The number of rotatable bonds is 6. The van der Waals surface area contributed by atoms with E-state index in [1.165, 1.54) is 10.6 Å². The molecule has 2 aromatic carbocycles. The van der Waals surface area contributed by atoms with Crippen LogP contribution in [0.25, 0.3) is 0 Å². The van der Waals surface area contributed by atoms with E-state index in [-0.39, 0.29) is 5.54 Å². The zero-order valence-electron chi connectivity index (χ0n) is 15.8. The number of benzene rings is 2. The van der Waals surface area contributed by atoms with Crippen molar-refractivity contribution in [2.75, 3.05) is 0 Å². The molecule has 0 aliphatic rings. The van der Waals surface area contributed by atoms with Crippen LogP contribution in [0.3, 0.4) is 0 Å². The summed E-state index contributed by atoms with van der Waals surface area (Å²) in [6, 6.07) is 28.0. The summed E-state index contributed by atoms with van der Waals surface area (Å²) in [5.41, 5.74) is 2.36. The van der Waals surface area contributed by atoms with E-state index in [4.69, 9.17) is 4.98 Å². The Labute approximate surface area is 158 Å². The highest BCUT2D eigenvalue weighted by molar-refractivity contribution is 7.72. The van der Waals surface area contributed by atoms with Gasteiger partial charge in [0.2, 0.25) is 0 Å². The molecule has 1 aromatic heterocycles. The predicted molar refractivity (Wildman–Crippen MR) is 114 cm³/mol. The summed E-state index contributed by atoms with van der Waals surface area (Å²) in [4.78, 5) is 4.92. The average Bonchev–Trinajstić information content (AvgIpc) is 2.66. The molecule has 2 nitrogen and oxygen atoms in total. The fourth-order valence-electron chi connectivity index (χ4n) is 2.78. The van der Waals surface area contributed by atoms with Crippen molar-refractivity contribution in [2.24, 2.45) is 0 Å². The molecule has 1 N–H and O–H groups in total. The third-order valence-electron chi connectivity index (χ3n) is 4.12. The first kappa shape index (κ1) is 18.8. The van der Waals surface area contributed by atoms with Gasteiger partial charge in [0, 0.05) is 23.9 Å². The summed E-state index contributed by atoms with van der Waals surface area (Å²) in [5, 5.41) is 6.32. The highest BCUT2D eigenvalue weighted by atomic mass is 31.1. The van der Waals surface area contributed by atoms with Crippen LogP contribution in [0.4, 0.5) is 0 Å². The van der Waals surface area contributed by atoms with Crippen LogP contribution in [0.5, 0.6) is 0 Å². The van der Waals surface area contributed by atoms with Gasteiger partial charge < -0.3 is 5.32 Å². The van der Waals surface area contributed by atoms with Crippen molar-refractivity contribution < 1.29 is 0 Å². The molecule has 0 spiro atoms. The second-order valence-corrected chi connectivity index (χ2v) is 9.69. The Hall–Kier alpha value is -2.02. The first-order valence-electron chi connectivity index (χ1n) is 9.09. The minimum atomic E-state index is -0.454. The van der Waals surface area contributed by atoms with E-state index in [0.29, 0.717) is 0 Å². The van der Waals surface area contributed by atoms with Gasteiger partial charge in [-0.25, -0.2) is 0 Å². The van der Waals surface area contributed by atoms with Gasteiger partial charge in [0.1, 0.15) is 0 Å². The molecule has 0 saturated carbocycles. The van der Waals surface area contributed by atoms with Gasteiger partial charge in [-0.15, -0.1) is 0 Å². The van der Waals surface area contributed by atoms with Gasteiger partial charge in [-0.2, -0.15) is 0 Å². The van der Waals surface area contributed by atoms with Crippen molar-refractivity contribution in [3.05, 3.63) is 90.3 Å². The van der Waals surface area contributed by atoms with Crippen molar-refractivity contribution in [2.45, 2.75) is 39.0 Å². The fraction of sp³-hybridized carbons (Fsp3) is 0.261.